The van der Waals surface area contributed by atoms with E-state index in [1.54, 1.807) is 17.8 Å². The van der Waals surface area contributed by atoms with Gasteiger partial charge in [-0.2, -0.15) is 5.10 Å². The van der Waals surface area contributed by atoms with E-state index < -0.39 is 0 Å². The minimum absolute atomic E-state index is 0.0947. The fourth-order valence-corrected chi connectivity index (χ4v) is 2.62. The Bertz CT molecular complexity index is 458. The van der Waals surface area contributed by atoms with Crippen LogP contribution in [0.2, 0.25) is 0 Å². The van der Waals surface area contributed by atoms with E-state index in [9.17, 15) is 9.90 Å². The molecule has 1 aliphatic rings. The Morgan fingerprint density at radius 1 is 1.60 bits per heavy atom. The van der Waals surface area contributed by atoms with E-state index in [2.05, 4.69) is 10.00 Å². The Hall–Kier alpha value is -1.40. The van der Waals surface area contributed by atoms with Gasteiger partial charge in [0.1, 0.15) is 0 Å². The predicted molar refractivity (Wildman–Crippen MR) is 77.5 cm³/mol. The predicted octanol–water partition coefficient (Wildman–Crippen LogP) is 0.618. The van der Waals surface area contributed by atoms with Crippen LogP contribution in [0, 0.1) is 0 Å². The fourth-order valence-electron chi connectivity index (χ4n) is 2.62. The van der Waals surface area contributed by atoms with E-state index in [0.29, 0.717) is 6.42 Å². The van der Waals surface area contributed by atoms with Crippen molar-refractivity contribution in [1.29, 1.82) is 0 Å². The summed E-state index contributed by atoms with van der Waals surface area (Å²) in [7, 11) is 3.81. The van der Waals surface area contributed by atoms with Crippen LogP contribution in [0.15, 0.2) is 12.4 Å². The lowest BCUT2D eigenvalue weighted by Gasteiger charge is -2.36. The monoisotopic (exact) mass is 280 g/mol. The third-order valence-corrected chi connectivity index (χ3v) is 3.84. The van der Waals surface area contributed by atoms with E-state index in [1.807, 2.05) is 25.2 Å². The molecule has 2 atom stereocenters. The minimum Gasteiger partial charge on any atom is -0.393 e. The molecule has 2 unspecified atom stereocenters. The van der Waals surface area contributed by atoms with Crippen LogP contribution in [0.1, 0.15) is 26.2 Å². The number of amides is 1. The molecule has 1 fully saturated rings. The van der Waals surface area contributed by atoms with E-state index in [-0.39, 0.29) is 18.1 Å². The summed E-state index contributed by atoms with van der Waals surface area (Å²) in [4.78, 5) is 16.5. The molecule has 6 nitrogen and oxygen atoms in total. The van der Waals surface area contributed by atoms with Gasteiger partial charge in [0.15, 0.2) is 0 Å². The van der Waals surface area contributed by atoms with Gasteiger partial charge in [-0.05, 0) is 33.2 Å². The van der Waals surface area contributed by atoms with Gasteiger partial charge in [-0.3, -0.25) is 14.4 Å². The zero-order valence-corrected chi connectivity index (χ0v) is 12.5. The molecule has 1 saturated heterocycles. The van der Waals surface area contributed by atoms with Gasteiger partial charge in [-0.1, -0.05) is 0 Å². The number of nitrogens with zero attached hydrogens (tertiary/aromatic N) is 4. The average molecular weight is 280 g/mol. The highest BCUT2D eigenvalue weighted by molar-refractivity contribution is 5.97. The maximum absolute atomic E-state index is 12.6. The first kappa shape index (κ1) is 15.0. The van der Waals surface area contributed by atoms with Gasteiger partial charge in [-0.15, -0.1) is 0 Å². The van der Waals surface area contributed by atoms with Gasteiger partial charge >= 0.3 is 0 Å². The van der Waals surface area contributed by atoms with Gasteiger partial charge in [0.25, 0.3) is 0 Å². The normalized spacial score (nSPS) is 21.6. The molecular weight excluding hydrogens is 256 g/mol. The molecule has 1 aromatic heterocycles. The van der Waals surface area contributed by atoms with E-state index >= 15 is 0 Å². The standard InChI is InChI=1S/C14H24N4O2/c1-11(19)6-8-16(2)13-5-4-7-18(14(13)20)12-9-15-17(3)10-12/h9-11,13,19H,4-8H2,1-3H3. The van der Waals surface area contributed by atoms with Gasteiger partial charge < -0.3 is 10.0 Å². The second-order valence-corrected chi connectivity index (χ2v) is 5.64. The van der Waals surface area contributed by atoms with E-state index in [1.165, 1.54) is 0 Å². The van der Waals surface area contributed by atoms with Crippen molar-refractivity contribution in [2.24, 2.45) is 7.05 Å². The number of piperidine rings is 1. The van der Waals surface area contributed by atoms with Gasteiger partial charge in [-0.25, -0.2) is 0 Å². The Kier molecular flexibility index (Phi) is 4.77. The van der Waals surface area contributed by atoms with Crippen molar-refractivity contribution in [2.45, 2.75) is 38.3 Å². The van der Waals surface area contributed by atoms with Crippen molar-refractivity contribution < 1.29 is 9.90 Å². The number of hydrogen-bond donors (Lipinski definition) is 1. The molecule has 2 rings (SSSR count). The highest BCUT2D eigenvalue weighted by atomic mass is 16.3. The van der Waals surface area contributed by atoms with Crippen LogP contribution in [0.3, 0.4) is 0 Å². The summed E-state index contributed by atoms with van der Waals surface area (Å²) in [5, 5.41) is 13.5. The Morgan fingerprint density at radius 3 is 2.95 bits per heavy atom. The second-order valence-electron chi connectivity index (χ2n) is 5.64. The summed E-state index contributed by atoms with van der Waals surface area (Å²) in [5.41, 5.74) is 0.867. The first-order valence-corrected chi connectivity index (χ1v) is 7.17. The molecule has 6 heteroatoms. The molecule has 0 aromatic carbocycles. The van der Waals surface area contributed by atoms with Crippen LogP contribution in [0.5, 0.6) is 0 Å². The van der Waals surface area contributed by atoms with Gasteiger partial charge in [0.05, 0.1) is 24.0 Å². The maximum atomic E-state index is 12.6. The lowest BCUT2D eigenvalue weighted by Crippen LogP contribution is -2.51. The van der Waals surface area contributed by atoms with Crippen molar-refractivity contribution in [3.63, 3.8) is 0 Å². The van der Waals surface area contributed by atoms with Crippen molar-refractivity contribution in [3.8, 4) is 0 Å². The first-order valence-electron chi connectivity index (χ1n) is 7.17. The lowest BCUT2D eigenvalue weighted by atomic mass is 10.0. The molecule has 1 aliphatic heterocycles. The molecule has 1 aromatic rings. The van der Waals surface area contributed by atoms with E-state index in [4.69, 9.17) is 0 Å². The highest BCUT2D eigenvalue weighted by Crippen LogP contribution is 2.22. The molecule has 0 saturated carbocycles. The zero-order chi connectivity index (χ0) is 14.7. The summed E-state index contributed by atoms with van der Waals surface area (Å²) in [6.45, 7) is 3.26. The second kappa shape index (κ2) is 6.37. The molecule has 2 heterocycles. The summed E-state index contributed by atoms with van der Waals surface area (Å²) in [5.74, 6) is 0.136. The SMILES string of the molecule is CC(O)CCN(C)C1CCCN(c2cnn(C)c2)C1=O. The maximum Gasteiger partial charge on any atom is 0.244 e. The lowest BCUT2D eigenvalue weighted by molar-refractivity contribution is -0.125. The summed E-state index contributed by atoms with van der Waals surface area (Å²) < 4.78 is 1.71. The third-order valence-electron chi connectivity index (χ3n) is 3.84. The van der Waals surface area contributed by atoms with Crippen molar-refractivity contribution in [3.05, 3.63) is 12.4 Å². The van der Waals surface area contributed by atoms with Crippen LogP contribution >= 0.6 is 0 Å². The first-order chi connectivity index (χ1) is 9.49. The average Bonchev–Trinajstić information content (AvgIpc) is 2.82. The Morgan fingerprint density at radius 2 is 2.35 bits per heavy atom. The molecule has 0 radical (unpaired) electrons. The van der Waals surface area contributed by atoms with Crippen LogP contribution in [-0.4, -0.2) is 58.0 Å². The van der Waals surface area contributed by atoms with Crippen LogP contribution in [-0.2, 0) is 11.8 Å². The molecule has 1 amide bonds. The summed E-state index contributed by atoms with van der Waals surface area (Å²) in [6, 6.07) is -0.0947. The van der Waals surface area contributed by atoms with Crippen LogP contribution in [0.4, 0.5) is 5.69 Å². The Balaban J connectivity index is 2.03. The molecule has 0 bridgehead atoms. The van der Waals surface area contributed by atoms with Gasteiger partial charge in [0, 0.05) is 26.3 Å². The third kappa shape index (κ3) is 3.37. The number of rotatable bonds is 5. The largest absolute Gasteiger partial charge is 0.393 e. The summed E-state index contributed by atoms with van der Waals surface area (Å²) >= 11 is 0. The molecule has 20 heavy (non-hydrogen) atoms. The van der Waals surface area contributed by atoms with Crippen molar-refractivity contribution in [1.82, 2.24) is 14.7 Å². The zero-order valence-electron chi connectivity index (χ0n) is 12.5. The quantitative estimate of drug-likeness (QED) is 0.859. The number of likely N-dealkylation sites (N-methyl/N-ethyl adjacent to an activating group) is 1. The number of carbonyl (C=O) groups excluding carboxylic acids is 1. The van der Waals surface area contributed by atoms with Crippen molar-refractivity contribution in [2.75, 3.05) is 25.0 Å². The van der Waals surface area contributed by atoms with E-state index in [0.717, 1.165) is 31.6 Å². The number of aromatic nitrogens is 2. The molecule has 0 aliphatic carbocycles. The molecule has 1 N–H and O–H groups in total. The number of aliphatic hydroxyl groups excluding tert-OH is 1. The number of aryl methyl sites for hydroxylation is 1. The van der Waals surface area contributed by atoms with Gasteiger partial charge in [0.2, 0.25) is 5.91 Å². The topological polar surface area (TPSA) is 61.6 Å². The van der Waals surface area contributed by atoms with Crippen LogP contribution < -0.4 is 4.90 Å². The fraction of sp³-hybridized carbons (Fsp3) is 0.714. The Labute approximate surface area is 120 Å². The molecule has 0 spiro atoms. The number of carbonyl (C=O) groups is 1. The number of anilines is 1. The number of hydrogen-bond acceptors (Lipinski definition) is 4. The molecular formula is C14H24N4O2. The summed E-state index contributed by atoms with van der Waals surface area (Å²) in [6.07, 6.45) is 5.83. The number of aliphatic hydroxyl groups is 1. The van der Waals surface area contributed by atoms with Crippen LogP contribution in [0.25, 0.3) is 0 Å². The van der Waals surface area contributed by atoms with Crippen molar-refractivity contribution >= 4 is 11.6 Å². The highest BCUT2D eigenvalue weighted by Gasteiger charge is 2.32. The smallest absolute Gasteiger partial charge is 0.244 e. The minimum atomic E-state index is -0.328. The molecule has 112 valence electrons.